The highest BCUT2D eigenvalue weighted by molar-refractivity contribution is 7.89. The molecule has 1 aromatic rings. The fourth-order valence-corrected chi connectivity index (χ4v) is 7.54. The molecule has 0 aromatic heterocycles. The summed E-state index contributed by atoms with van der Waals surface area (Å²) in [6.07, 6.45) is 4.05. The van der Waals surface area contributed by atoms with Crippen LogP contribution in [-0.2, 0) is 26.7 Å². The average molecular weight is 443 g/mol. The molecule has 4 rings (SSSR count). The summed E-state index contributed by atoms with van der Waals surface area (Å²) in [4.78, 5) is 2.54. The largest absolute Gasteiger partial charge is 0.296 e. The van der Waals surface area contributed by atoms with Crippen LogP contribution in [-0.4, -0.2) is 64.0 Å². The number of piperidine rings is 2. The van der Waals surface area contributed by atoms with Gasteiger partial charge in [0.2, 0.25) is 10.0 Å². The molecule has 3 N–H and O–H groups in total. The van der Waals surface area contributed by atoms with Crippen LogP contribution in [0.15, 0.2) is 24.3 Å². The molecule has 0 aliphatic carbocycles. The molecule has 3 heterocycles. The first-order valence-corrected chi connectivity index (χ1v) is 13.5. The van der Waals surface area contributed by atoms with Crippen molar-refractivity contribution in [2.75, 3.05) is 31.9 Å². The summed E-state index contributed by atoms with van der Waals surface area (Å²) >= 11 is 0. The SMILES string of the molecule is NS(=O)(=O)NCCCS(=O)(=O)N1CCC[C@H]2CN3CCc4ccccc4[C@@H]3C[C@H]21. The van der Waals surface area contributed by atoms with Gasteiger partial charge in [0.05, 0.1) is 5.75 Å². The van der Waals surface area contributed by atoms with E-state index in [1.54, 1.807) is 4.31 Å². The fraction of sp³-hybridized carbons (Fsp3) is 0.684. The van der Waals surface area contributed by atoms with Crippen LogP contribution in [0.4, 0.5) is 0 Å². The van der Waals surface area contributed by atoms with Crippen molar-refractivity contribution in [3.05, 3.63) is 35.4 Å². The Labute approximate surface area is 173 Å². The number of hydrogen-bond donors (Lipinski definition) is 2. The van der Waals surface area contributed by atoms with Crippen LogP contribution in [0.1, 0.15) is 42.9 Å². The van der Waals surface area contributed by atoms with E-state index in [0.717, 1.165) is 38.8 Å². The lowest BCUT2D eigenvalue weighted by Gasteiger charge is -2.51. The summed E-state index contributed by atoms with van der Waals surface area (Å²) in [7, 11) is -7.24. The number of benzene rings is 1. The first-order chi connectivity index (χ1) is 13.7. The van der Waals surface area contributed by atoms with Crippen molar-refractivity contribution in [1.29, 1.82) is 0 Å². The van der Waals surface area contributed by atoms with Gasteiger partial charge in [-0.3, -0.25) is 4.90 Å². The Kier molecular flexibility index (Phi) is 6.02. The van der Waals surface area contributed by atoms with E-state index in [9.17, 15) is 16.8 Å². The Hall–Kier alpha value is -1.04. The molecule has 2 fully saturated rings. The first-order valence-electron chi connectivity index (χ1n) is 10.3. The van der Waals surface area contributed by atoms with E-state index < -0.39 is 20.2 Å². The van der Waals surface area contributed by atoms with Crippen LogP contribution in [0.25, 0.3) is 0 Å². The minimum Gasteiger partial charge on any atom is -0.296 e. The van der Waals surface area contributed by atoms with Gasteiger partial charge in [0, 0.05) is 38.3 Å². The van der Waals surface area contributed by atoms with Crippen molar-refractivity contribution in [1.82, 2.24) is 13.9 Å². The zero-order valence-corrected chi connectivity index (χ0v) is 18.2. The second-order valence-electron chi connectivity index (χ2n) is 8.38. The smallest absolute Gasteiger partial charge is 0.274 e. The van der Waals surface area contributed by atoms with Crippen molar-refractivity contribution in [3.63, 3.8) is 0 Å². The second kappa shape index (κ2) is 8.24. The quantitative estimate of drug-likeness (QED) is 0.626. The third-order valence-electron chi connectivity index (χ3n) is 6.56. The summed E-state index contributed by atoms with van der Waals surface area (Å²) < 4.78 is 52.0. The van der Waals surface area contributed by atoms with Crippen LogP contribution >= 0.6 is 0 Å². The van der Waals surface area contributed by atoms with E-state index in [1.807, 2.05) is 0 Å². The minimum atomic E-state index is -3.79. The Balaban J connectivity index is 1.48. The highest BCUT2D eigenvalue weighted by Crippen LogP contribution is 2.43. The van der Waals surface area contributed by atoms with E-state index in [4.69, 9.17) is 5.14 Å². The summed E-state index contributed by atoms with van der Waals surface area (Å²) in [5, 5.41) is 4.91. The van der Waals surface area contributed by atoms with E-state index in [1.165, 1.54) is 11.1 Å². The maximum atomic E-state index is 13.1. The summed E-state index contributed by atoms with van der Waals surface area (Å²) in [6.45, 7) is 2.57. The van der Waals surface area contributed by atoms with Gasteiger partial charge in [0.25, 0.3) is 10.2 Å². The van der Waals surface area contributed by atoms with Crippen molar-refractivity contribution in [3.8, 4) is 0 Å². The average Bonchev–Trinajstić information content (AvgIpc) is 2.68. The van der Waals surface area contributed by atoms with E-state index in [0.29, 0.717) is 12.5 Å². The fourth-order valence-electron chi connectivity index (χ4n) is 5.29. The predicted molar refractivity (Wildman–Crippen MR) is 112 cm³/mol. The summed E-state index contributed by atoms with van der Waals surface area (Å²) in [5.41, 5.74) is 2.73. The molecule has 0 radical (unpaired) electrons. The molecule has 8 nitrogen and oxygen atoms in total. The summed E-state index contributed by atoms with van der Waals surface area (Å²) in [5.74, 6) is 0.298. The molecule has 3 aliphatic rings. The number of nitrogens with two attached hydrogens (primary N) is 1. The number of nitrogens with zero attached hydrogens (tertiary/aromatic N) is 2. The van der Waals surface area contributed by atoms with Gasteiger partial charge in [-0.2, -0.15) is 12.7 Å². The predicted octanol–water partition coefficient (Wildman–Crippen LogP) is 0.583. The Bertz CT molecular complexity index is 951. The molecule has 10 heteroatoms. The molecule has 0 spiro atoms. The third kappa shape index (κ3) is 4.67. The number of fused-ring (bicyclic) bond motifs is 4. The lowest BCUT2D eigenvalue weighted by molar-refractivity contribution is 0.0220. The number of nitrogens with one attached hydrogen (secondary N) is 1. The topological polar surface area (TPSA) is 113 Å². The van der Waals surface area contributed by atoms with Gasteiger partial charge < -0.3 is 0 Å². The zero-order chi connectivity index (χ0) is 20.6. The molecule has 3 atom stereocenters. The molecule has 0 saturated carbocycles. The lowest BCUT2D eigenvalue weighted by atomic mass is 9.77. The number of sulfonamides is 1. The van der Waals surface area contributed by atoms with Gasteiger partial charge in [-0.15, -0.1) is 0 Å². The maximum absolute atomic E-state index is 13.1. The first kappa shape index (κ1) is 21.2. The van der Waals surface area contributed by atoms with Gasteiger partial charge in [-0.1, -0.05) is 24.3 Å². The van der Waals surface area contributed by atoms with Gasteiger partial charge in [0.1, 0.15) is 0 Å². The highest BCUT2D eigenvalue weighted by Gasteiger charge is 2.45. The Morgan fingerprint density at radius 2 is 1.93 bits per heavy atom. The Morgan fingerprint density at radius 3 is 2.72 bits per heavy atom. The monoisotopic (exact) mass is 442 g/mol. The van der Waals surface area contributed by atoms with Crippen molar-refractivity contribution in [2.45, 2.75) is 44.2 Å². The molecular formula is C19H30N4O4S2. The molecule has 0 bridgehead atoms. The highest BCUT2D eigenvalue weighted by atomic mass is 32.2. The van der Waals surface area contributed by atoms with Crippen LogP contribution in [0, 0.1) is 5.92 Å². The lowest BCUT2D eigenvalue weighted by Crippen LogP contribution is -2.57. The molecule has 2 saturated heterocycles. The van der Waals surface area contributed by atoms with Crippen molar-refractivity contribution in [2.24, 2.45) is 11.1 Å². The third-order valence-corrected chi connectivity index (χ3v) is 9.14. The van der Waals surface area contributed by atoms with Gasteiger partial charge >= 0.3 is 0 Å². The second-order valence-corrected chi connectivity index (χ2v) is 11.8. The van der Waals surface area contributed by atoms with Crippen LogP contribution in [0.5, 0.6) is 0 Å². The molecule has 29 heavy (non-hydrogen) atoms. The normalized spacial score (nSPS) is 28.4. The van der Waals surface area contributed by atoms with Crippen LogP contribution in [0.2, 0.25) is 0 Å². The minimum absolute atomic E-state index is 0.0207. The van der Waals surface area contributed by atoms with Crippen molar-refractivity contribution < 1.29 is 16.8 Å². The molecule has 0 unspecified atom stereocenters. The standard InChI is InChI=1S/C19H30N4O4S2/c20-29(26,27)21-9-4-12-28(24,25)23-10-3-6-16-14-22-11-8-15-5-1-2-7-17(15)19(22)13-18(16)23/h1-2,5,7,16,18-19,21H,3-4,6,8-14H2,(H2,20,26,27)/t16-,18+,19-/m0/s1. The van der Waals surface area contributed by atoms with Gasteiger partial charge in [-0.25, -0.2) is 18.3 Å². The number of rotatable bonds is 6. The maximum Gasteiger partial charge on any atom is 0.274 e. The van der Waals surface area contributed by atoms with E-state index in [2.05, 4.69) is 33.9 Å². The van der Waals surface area contributed by atoms with Crippen LogP contribution in [0.3, 0.4) is 0 Å². The molecule has 0 amide bonds. The van der Waals surface area contributed by atoms with E-state index >= 15 is 0 Å². The van der Waals surface area contributed by atoms with Crippen molar-refractivity contribution >= 4 is 20.2 Å². The Morgan fingerprint density at radius 1 is 1.14 bits per heavy atom. The molecule has 3 aliphatic heterocycles. The van der Waals surface area contributed by atoms with Gasteiger partial charge in [0.15, 0.2) is 0 Å². The van der Waals surface area contributed by atoms with E-state index in [-0.39, 0.29) is 30.8 Å². The molecule has 162 valence electrons. The summed E-state index contributed by atoms with van der Waals surface area (Å²) in [6, 6.07) is 8.82. The molecule has 1 aromatic carbocycles. The number of hydrogen-bond acceptors (Lipinski definition) is 5. The molecular weight excluding hydrogens is 412 g/mol. The zero-order valence-electron chi connectivity index (χ0n) is 16.5. The van der Waals surface area contributed by atoms with Gasteiger partial charge in [-0.05, 0) is 49.1 Å². The van der Waals surface area contributed by atoms with Crippen LogP contribution < -0.4 is 9.86 Å².